The van der Waals surface area contributed by atoms with Crippen molar-refractivity contribution in [2.24, 2.45) is 5.92 Å². The first-order valence-electron chi connectivity index (χ1n) is 7.87. The lowest BCUT2D eigenvalue weighted by Gasteiger charge is -2.42. The van der Waals surface area contributed by atoms with Crippen molar-refractivity contribution in [3.05, 3.63) is 47.0 Å². The van der Waals surface area contributed by atoms with E-state index in [4.69, 9.17) is 11.6 Å². The second-order valence-corrected chi connectivity index (χ2v) is 6.71. The Bertz CT molecular complexity index is 456. The molecule has 1 N–H and O–H groups in total. The molecular weight excluding hydrogens is 280 g/mol. The molecular formula is C18H27ClN2. The number of hydrogen-bond donors (Lipinski definition) is 1. The first kappa shape index (κ1) is 16.5. The zero-order valence-corrected chi connectivity index (χ0v) is 14.1. The average molecular weight is 307 g/mol. The third-order valence-electron chi connectivity index (χ3n) is 4.27. The Morgan fingerprint density at radius 2 is 2.10 bits per heavy atom. The second kappa shape index (κ2) is 7.98. The molecule has 0 radical (unpaired) electrons. The van der Waals surface area contributed by atoms with Gasteiger partial charge in [0.1, 0.15) is 0 Å². The number of hydrogen-bond acceptors (Lipinski definition) is 2. The molecule has 2 rings (SSSR count). The normalized spacial score (nSPS) is 24.5. The smallest absolute Gasteiger partial charge is 0.0247 e. The van der Waals surface area contributed by atoms with Crippen molar-refractivity contribution in [2.45, 2.75) is 39.3 Å². The van der Waals surface area contributed by atoms with Crippen LogP contribution in [0.15, 0.2) is 41.4 Å². The highest BCUT2D eigenvalue weighted by Crippen LogP contribution is 2.18. The molecule has 0 aromatic heterocycles. The molecule has 1 aromatic rings. The van der Waals surface area contributed by atoms with Crippen molar-refractivity contribution >= 4 is 11.6 Å². The Kier molecular flexibility index (Phi) is 6.28. The minimum atomic E-state index is 0.519. The molecule has 1 heterocycles. The SMILES string of the molecule is C/C(=C\Cl)CN1CC(Cc2ccccc2)NCC1C(C)C. The summed E-state index contributed by atoms with van der Waals surface area (Å²) >= 11 is 5.86. The van der Waals surface area contributed by atoms with Crippen LogP contribution in [0, 0.1) is 5.92 Å². The molecule has 1 fully saturated rings. The number of nitrogens with zero attached hydrogens (tertiary/aromatic N) is 1. The molecule has 2 nitrogen and oxygen atoms in total. The number of piperazine rings is 1. The van der Waals surface area contributed by atoms with E-state index in [-0.39, 0.29) is 0 Å². The Morgan fingerprint density at radius 3 is 2.71 bits per heavy atom. The summed E-state index contributed by atoms with van der Waals surface area (Å²) < 4.78 is 0. The van der Waals surface area contributed by atoms with Crippen LogP contribution in [-0.4, -0.2) is 36.6 Å². The van der Waals surface area contributed by atoms with Gasteiger partial charge < -0.3 is 5.32 Å². The maximum absolute atomic E-state index is 5.86. The number of halogens is 1. The molecule has 0 amide bonds. The minimum absolute atomic E-state index is 0.519. The van der Waals surface area contributed by atoms with Crippen LogP contribution in [0.3, 0.4) is 0 Å². The zero-order chi connectivity index (χ0) is 15.2. The highest BCUT2D eigenvalue weighted by Gasteiger charge is 2.29. The Labute approximate surface area is 134 Å². The zero-order valence-electron chi connectivity index (χ0n) is 13.3. The van der Waals surface area contributed by atoms with Crippen molar-refractivity contribution in [1.29, 1.82) is 0 Å². The maximum Gasteiger partial charge on any atom is 0.0247 e. The highest BCUT2D eigenvalue weighted by molar-refractivity contribution is 6.25. The van der Waals surface area contributed by atoms with Crippen LogP contribution < -0.4 is 5.32 Å². The largest absolute Gasteiger partial charge is 0.311 e. The predicted molar refractivity (Wildman–Crippen MR) is 91.7 cm³/mol. The monoisotopic (exact) mass is 306 g/mol. The van der Waals surface area contributed by atoms with Crippen molar-refractivity contribution < 1.29 is 0 Å². The molecule has 116 valence electrons. The first-order chi connectivity index (χ1) is 10.1. The standard InChI is InChI=1S/C18H27ClN2/c1-14(2)18-11-20-17(9-16-7-5-4-6-8-16)13-21(18)12-15(3)10-19/h4-8,10,14,17-18,20H,9,11-13H2,1-3H3/b15-10+. The Morgan fingerprint density at radius 1 is 1.38 bits per heavy atom. The lowest BCUT2D eigenvalue weighted by Crippen LogP contribution is -2.59. The van der Waals surface area contributed by atoms with Gasteiger partial charge in [-0.15, -0.1) is 0 Å². The van der Waals surface area contributed by atoms with E-state index >= 15 is 0 Å². The summed E-state index contributed by atoms with van der Waals surface area (Å²) in [6, 6.07) is 11.8. The summed E-state index contributed by atoms with van der Waals surface area (Å²) in [5.74, 6) is 0.651. The van der Waals surface area contributed by atoms with E-state index in [0.29, 0.717) is 18.0 Å². The fraction of sp³-hybridized carbons (Fsp3) is 0.556. The van der Waals surface area contributed by atoms with Crippen LogP contribution >= 0.6 is 11.6 Å². The molecule has 1 aliphatic heterocycles. The third-order valence-corrected chi connectivity index (χ3v) is 4.65. The van der Waals surface area contributed by atoms with Gasteiger partial charge in [0.05, 0.1) is 0 Å². The molecule has 0 bridgehead atoms. The summed E-state index contributed by atoms with van der Waals surface area (Å²) in [7, 11) is 0. The Hall–Kier alpha value is -0.830. The summed E-state index contributed by atoms with van der Waals surface area (Å²) in [5, 5.41) is 3.73. The van der Waals surface area contributed by atoms with Crippen LogP contribution in [0.25, 0.3) is 0 Å². The van der Waals surface area contributed by atoms with Crippen LogP contribution in [0.2, 0.25) is 0 Å². The van der Waals surface area contributed by atoms with Gasteiger partial charge >= 0.3 is 0 Å². The second-order valence-electron chi connectivity index (χ2n) is 6.49. The molecule has 21 heavy (non-hydrogen) atoms. The predicted octanol–water partition coefficient (Wildman–Crippen LogP) is 3.67. The minimum Gasteiger partial charge on any atom is -0.311 e. The average Bonchev–Trinajstić information content (AvgIpc) is 2.48. The maximum atomic E-state index is 5.86. The van der Waals surface area contributed by atoms with E-state index in [1.807, 2.05) is 0 Å². The first-order valence-corrected chi connectivity index (χ1v) is 8.31. The van der Waals surface area contributed by atoms with Gasteiger partial charge in [0.25, 0.3) is 0 Å². The van der Waals surface area contributed by atoms with E-state index in [9.17, 15) is 0 Å². The molecule has 2 atom stereocenters. The quantitative estimate of drug-likeness (QED) is 0.893. The molecule has 0 saturated carbocycles. The van der Waals surface area contributed by atoms with Crippen molar-refractivity contribution in [3.8, 4) is 0 Å². The molecule has 1 saturated heterocycles. The molecule has 0 spiro atoms. The number of nitrogens with one attached hydrogen (secondary N) is 1. The van der Waals surface area contributed by atoms with Gasteiger partial charge in [-0.3, -0.25) is 4.90 Å². The fourth-order valence-electron chi connectivity index (χ4n) is 3.13. The van der Waals surface area contributed by atoms with Crippen molar-refractivity contribution in [2.75, 3.05) is 19.6 Å². The summed E-state index contributed by atoms with van der Waals surface area (Å²) in [4.78, 5) is 2.59. The van der Waals surface area contributed by atoms with Gasteiger partial charge in [0.2, 0.25) is 0 Å². The van der Waals surface area contributed by atoms with Gasteiger partial charge in [-0.05, 0) is 30.4 Å². The van der Waals surface area contributed by atoms with E-state index in [1.54, 1.807) is 5.54 Å². The fourth-order valence-corrected chi connectivity index (χ4v) is 3.20. The van der Waals surface area contributed by atoms with Crippen LogP contribution in [0.1, 0.15) is 26.3 Å². The van der Waals surface area contributed by atoms with Gasteiger partial charge in [-0.1, -0.05) is 55.8 Å². The Balaban J connectivity index is 2.01. The number of benzene rings is 1. The molecule has 3 heteroatoms. The van der Waals surface area contributed by atoms with Crippen LogP contribution in [-0.2, 0) is 6.42 Å². The molecule has 1 aliphatic rings. The number of rotatable bonds is 5. The summed E-state index contributed by atoms with van der Waals surface area (Å²) in [5.41, 5.74) is 4.36. The van der Waals surface area contributed by atoms with E-state index in [2.05, 4.69) is 61.3 Å². The van der Waals surface area contributed by atoms with Gasteiger partial charge in [0, 0.05) is 37.3 Å². The lowest BCUT2D eigenvalue weighted by molar-refractivity contribution is 0.108. The molecule has 2 unspecified atom stereocenters. The van der Waals surface area contributed by atoms with Crippen molar-refractivity contribution in [1.82, 2.24) is 10.2 Å². The van der Waals surface area contributed by atoms with Crippen LogP contribution in [0.4, 0.5) is 0 Å². The highest BCUT2D eigenvalue weighted by atomic mass is 35.5. The van der Waals surface area contributed by atoms with E-state index in [0.717, 1.165) is 26.1 Å². The molecule has 1 aromatic carbocycles. The van der Waals surface area contributed by atoms with Gasteiger partial charge in [-0.2, -0.15) is 0 Å². The van der Waals surface area contributed by atoms with Gasteiger partial charge in [-0.25, -0.2) is 0 Å². The summed E-state index contributed by atoms with van der Waals surface area (Å²) in [6.07, 6.45) is 1.09. The van der Waals surface area contributed by atoms with Crippen LogP contribution in [0.5, 0.6) is 0 Å². The third kappa shape index (κ3) is 4.84. The van der Waals surface area contributed by atoms with Gasteiger partial charge in [0.15, 0.2) is 0 Å². The lowest BCUT2D eigenvalue weighted by atomic mass is 9.95. The van der Waals surface area contributed by atoms with E-state index in [1.165, 1.54) is 11.1 Å². The molecule has 0 aliphatic carbocycles. The summed E-state index contributed by atoms with van der Waals surface area (Å²) in [6.45, 7) is 9.83. The van der Waals surface area contributed by atoms with E-state index < -0.39 is 0 Å². The van der Waals surface area contributed by atoms with Crippen molar-refractivity contribution in [3.63, 3.8) is 0 Å². The topological polar surface area (TPSA) is 15.3 Å².